The van der Waals surface area contributed by atoms with Crippen LogP contribution in [0.4, 0.5) is 11.9 Å². The minimum Gasteiger partial charge on any atom is -0.465 e. The smallest absolute Gasteiger partial charge is 0.325 e. The molecular weight excluding hydrogens is 360 g/mol. The molecule has 0 bridgehead atoms. The summed E-state index contributed by atoms with van der Waals surface area (Å²) in [6.45, 7) is 5.92. The standard InChI is InChI=1S/C19H26N6O3/c1-4-6-12-25-15-16(22-19(25)24-10-8-7-9-11-24)21-18(23(3)17(15)27)20-13-14(26)28-5-2/h5,7-13H2,1-3H3,(H,20,21). The topological polar surface area (TPSA) is 94.3 Å². The van der Waals surface area contributed by atoms with E-state index in [4.69, 9.17) is 4.74 Å². The molecule has 0 amide bonds. The van der Waals surface area contributed by atoms with Crippen molar-refractivity contribution in [1.82, 2.24) is 19.1 Å². The van der Waals surface area contributed by atoms with E-state index in [1.165, 1.54) is 11.0 Å². The molecule has 150 valence electrons. The van der Waals surface area contributed by atoms with Crippen molar-refractivity contribution in [3.8, 4) is 11.8 Å². The number of carbonyl (C=O) groups is 1. The van der Waals surface area contributed by atoms with Gasteiger partial charge in [-0.3, -0.25) is 18.7 Å². The largest absolute Gasteiger partial charge is 0.465 e. The normalized spacial score (nSPS) is 13.9. The molecular formula is C19H26N6O3. The lowest BCUT2D eigenvalue weighted by Gasteiger charge is -2.27. The molecule has 28 heavy (non-hydrogen) atoms. The number of rotatable bonds is 6. The predicted molar refractivity (Wildman–Crippen MR) is 107 cm³/mol. The van der Waals surface area contributed by atoms with Crippen molar-refractivity contribution in [3.05, 3.63) is 10.4 Å². The average Bonchev–Trinajstić information content (AvgIpc) is 3.07. The van der Waals surface area contributed by atoms with E-state index in [2.05, 4.69) is 32.0 Å². The zero-order valence-corrected chi connectivity index (χ0v) is 16.6. The second-order valence-corrected chi connectivity index (χ2v) is 6.60. The van der Waals surface area contributed by atoms with Crippen LogP contribution in [0.5, 0.6) is 0 Å². The Morgan fingerprint density at radius 2 is 2.00 bits per heavy atom. The fourth-order valence-corrected chi connectivity index (χ4v) is 3.31. The first kappa shape index (κ1) is 19.7. The monoisotopic (exact) mass is 386 g/mol. The highest BCUT2D eigenvalue weighted by molar-refractivity contribution is 5.77. The van der Waals surface area contributed by atoms with Gasteiger partial charge in [0.05, 0.1) is 13.2 Å². The first-order chi connectivity index (χ1) is 13.6. The maximum atomic E-state index is 13.0. The molecule has 1 aliphatic heterocycles. The molecule has 9 nitrogen and oxygen atoms in total. The first-order valence-corrected chi connectivity index (χ1v) is 9.58. The SMILES string of the molecule is CC#CCn1c(N2CCCCC2)nc2nc(NCC(=O)OCC)n(C)c(=O)c21. The van der Waals surface area contributed by atoms with E-state index in [0.29, 0.717) is 24.3 Å². The maximum Gasteiger partial charge on any atom is 0.325 e. The van der Waals surface area contributed by atoms with E-state index in [9.17, 15) is 9.59 Å². The molecule has 1 fully saturated rings. The van der Waals surface area contributed by atoms with E-state index in [1.54, 1.807) is 20.9 Å². The molecule has 0 atom stereocenters. The number of hydrogen-bond acceptors (Lipinski definition) is 7. The van der Waals surface area contributed by atoms with E-state index in [1.807, 2.05) is 4.57 Å². The van der Waals surface area contributed by atoms with Gasteiger partial charge in [-0.1, -0.05) is 5.92 Å². The maximum absolute atomic E-state index is 13.0. The third-order valence-electron chi connectivity index (χ3n) is 4.71. The Balaban J connectivity index is 2.04. The van der Waals surface area contributed by atoms with Gasteiger partial charge in [0.15, 0.2) is 11.2 Å². The highest BCUT2D eigenvalue weighted by atomic mass is 16.5. The zero-order chi connectivity index (χ0) is 20.1. The van der Waals surface area contributed by atoms with E-state index in [-0.39, 0.29) is 18.1 Å². The van der Waals surface area contributed by atoms with Crippen LogP contribution < -0.4 is 15.8 Å². The Morgan fingerprint density at radius 1 is 1.25 bits per heavy atom. The third-order valence-corrected chi connectivity index (χ3v) is 4.71. The van der Waals surface area contributed by atoms with Gasteiger partial charge < -0.3 is 15.0 Å². The van der Waals surface area contributed by atoms with Crippen molar-refractivity contribution in [3.63, 3.8) is 0 Å². The van der Waals surface area contributed by atoms with Crippen molar-refractivity contribution in [2.45, 2.75) is 39.7 Å². The van der Waals surface area contributed by atoms with Crippen LogP contribution in [0.3, 0.4) is 0 Å². The molecule has 3 heterocycles. The van der Waals surface area contributed by atoms with Crippen LogP contribution in [0.2, 0.25) is 0 Å². The lowest BCUT2D eigenvalue weighted by atomic mass is 10.1. The van der Waals surface area contributed by atoms with Gasteiger partial charge in [0, 0.05) is 20.1 Å². The molecule has 1 aliphatic rings. The van der Waals surface area contributed by atoms with Crippen molar-refractivity contribution in [1.29, 1.82) is 0 Å². The van der Waals surface area contributed by atoms with Crippen LogP contribution in [0, 0.1) is 11.8 Å². The fourth-order valence-electron chi connectivity index (χ4n) is 3.31. The zero-order valence-electron chi connectivity index (χ0n) is 16.6. The molecule has 9 heteroatoms. The summed E-state index contributed by atoms with van der Waals surface area (Å²) in [5, 5.41) is 2.87. The molecule has 2 aromatic heterocycles. The molecule has 0 saturated carbocycles. The van der Waals surface area contributed by atoms with Crippen molar-refractivity contribution < 1.29 is 9.53 Å². The number of esters is 1. The van der Waals surface area contributed by atoms with Crippen molar-refractivity contribution >= 4 is 29.0 Å². The summed E-state index contributed by atoms with van der Waals surface area (Å²) in [5.74, 6) is 6.51. The van der Waals surface area contributed by atoms with E-state index in [0.717, 1.165) is 31.9 Å². The summed E-state index contributed by atoms with van der Waals surface area (Å²) in [6, 6.07) is 0. The Bertz CT molecular complexity index is 975. The Hall–Kier alpha value is -3.02. The minimum atomic E-state index is -0.408. The second-order valence-electron chi connectivity index (χ2n) is 6.60. The highest BCUT2D eigenvalue weighted by Crippen LogP contribution is 2.23. The molecule has 1 N–H and O–H groups in total. The second kappa shape index (κ2) is 8.78. The Labute approximate surface area is 163 Å². The lowest BCUT2D eigenvalue weighted by molar-refractivity contribution is -0.140. The van der Waals surface area contributed by atoms with Crippen molar-refractivity contribution in [2.75, 3.05) is 36.5 Å². The fraction of sp³-hybridized carbons (Fsp3) is 0.579. The van der Waals surface area contributed by atoms with Crippen molar-refractivity contribution in [2.24, 2.45) is 7.05 Å². The van der Waals surface area contributed by atoms with Gasteiger partial charge in [0.1, 0.15) is 6.54 Å². The minimum absolute atomic E-state index is 0.0688. The van der Waals surface area contributed by atoms with Gasteiger partial charge in [-0.15, -0.1) is 5.92 Å². The van der Waals surface area contributed by atoms with Crippen LogP contribution in [-0.2, 0) is 23.1 Å². The van der Waals surface area contributed by atoms with Crippen LogP contribution in [0.15, 0.2) is 4.79 Å². The quantitative estimate of drug-likeness (QED) is 0.587. The summed E-state index contributed by atoms with van der Waals surface area (Å²) in [6.07, 6.45) is 3.40. The third kappa shape index (κ3) is 3.96. The average molecular weight is 386 g/mol. The summed E-state index contributed by atoms with van der Waals surface area (Å²) >= 11 is 0. The molecule has 0 aromatic carbocycles. The van der Waals surface area contributed by atoms with Gasteiger partial charge in [-0.05, 0) is 33.1 Å². The number of piperidine rings is 1. The number of imidazole rings is 1. The van der Waals surface area contributed by atoms with E-state index < -0.39 is 5.97 Å². The molecule has 3 rings (SSSR count). The summed E-state index contributed by atoms with van der Waals surface area (Å²) < 4.78 is 8.15. The van der Waals surface area contributed by atoms with Crippen LogP contribution >= 0.6 is 0 Å². The van der Waals surface area contributed by atoms with Gasteiger partial charge >= 0.3 is 5.97 Å². The Kier molecular flexibility index (Phi) is 6.19. The molecule has 0 aliphatic carbocycles. The number of hydrogen-bond donors (Lipinski definition) is 1. The summed E-state index contributed by atoms with van der Waals surface area (Å²) in [7, 11) is 1.62. The molecule has 0 spiro atoms. The number of nitrogens with zero attached hydrogens (tertiary/aromatic N) is 5. The van der Waals surface area contributed by atoms with Crippen LogP contribution in [0.25, 0.3) is 11.2 Å². The Morgan fingerprint density at radius 3 is 2.68 bits per heavy atom. The first-order valence-electron chi connectivity index (χ1n) is 9.58. The van der Waals surface area contributed by atoms with Gasteiger partial charge in [0.25, 0.3) is 5.56 Å². The van der Waals surface area contributed by atoms with Crippen LogP contribution in [-0.4, -0.2) is 51.3 Å². The van der Waals surface area contributed by atoms with Crippen LogP contribution in [0.1, 0.15) is 33.1 Å². The van der Waals surface area contributed by atoms with E-state index >= 15 is 0 Å². The lowest BCUT2D eigenvalue weighted by Crippen LogP contribution is -2.32. The number of carbonyl (C=O) groups excluding carboxylic acids is 1. The number of ether oxygens (including phenoxy) is 1. The molecule has 1 saturated heterocycles. The highest BCUT2D eigenvalue weighted by Gasteiger charge is 2.23. The summed E-state index contributed by atoms with van der Waals surface area (Å²) in [4.78, 5) is 36.0. The van der Waals surface area contributed by atoms with Gasteiger partial charge in [-0.25, -0.2) is 0 Å². The molecule has 2 aromatic rings. The van der Waals surface area contributed by atoms with Gasteiger partial charge in [0.2, 0.25) is 11.9 Å². The molecule has 0 radical (unpaired) electrons. The predicted octanol–water partition coefficient (Wildman–Crippen LogP) is 1.12. The van der Waals surface area contributed by atoms with Gasteiger partial charge in [-0.2, -0.15) is 9.97 Å². The number of nitrogens with one attached hydrogen (secondary N) is 1. The summed E-state index contributed by atoms with van der Waals surface area (Å²) in [5.41, 5.74) is 0.547. The number of anilines is 2. The number of fused-ring (bicyclic) bond motifs is 1. The molecule has 0 unspecified atom stereocenters. The number of aromatic nitrogens is 4.